The van der Waals surface area contributed by atoms with Gasteiger partial charge < -0.3 is 14.2 Å². The van der Waals surface area contributed by atoms with E-state index in [1.54, 1.807) is 6.08 Å². The molecule has 0 saturated heterocycles. The number of allylic oxidation sites excluding steroid dienone is 23. The first-order valence-corrected chi connectivity index (χ1v) is 31.3. The Hall–Kier alpha value is -4.71. The maximum atomic E-state index is 12.9. The van der Waals surface area contributed by atoms with E-state index in [0.29, 0.717) is 12.8 Å². The van der Waals surface area contributed by atoms with Crippen molar-refractivity contribution in [1.82, 2.24) is 0 Å². The van der Waals surface area contributed by atoms with Crippen LogP contribution in [0.25, 0.3) is 0 Å². The van der Waals surface area contributed by atoms with Crippen molar-refractivity contribution in [2.75, 3.05) is 13.2 Å². The van der Waals surface area contributed by atoms with E-state index in [1.165, 1.54) is 96.3 Å². The van der Waals surface area contributed by atoms with Gasteiger partial charge >= 0.3 is 17.9 Å². The lowest BCUT2D eigenvalue weighted by Crippen LogP contribution is -2.30. The van der Waals surface area contributed by atoms with Gasteiger partial charge in [0.1, 0.15) is 13.2 Å². The standard InChI is InChI=1S/C71H114O6/c1-4-7-10-13-16-19-22-25-28-30-31-32-33-34-35-36-37-38-39-41-43-46-49-52-55-58-61-64-70(73)76-67-68(66-75-69(72)63-60-57-54-51-48-45-42-27-24-21-18-15-12-9-6-3)77-71(74)65-62-59-56-53-50-47-44-40-29-26-23-20-17-14-11-8-5-2/h7-12,16-21,25-29,31-32,42,48,51,57,60,68H,4-6,13-15,22-24,30,33-41,43-47,49-50,52-56,58-59,61-67H2,1-3H3/b10-7-,11-8-,12-9-,19-16-,20-17-,21-18-,28-25-,29-26-,32-31-,42-27-,51-48-,60-57-. The first-order chi connectivity index (χ1) is 38.0. The van der Waals surface area contributed by atoms with Crippen molar-refractivity contribution < 1.29 is 28.6 Å². The lowest BCUT2D eigenvalue weighted by Gasteiger charge is -2.18. The van der Waals surface area contributed by atoms with E-state index < -0.39 is 12.1 Å². The summed E-state index contributed by atoms with van der Waals surface area (Å²) in [7, 11) is 0. The fraction of sp³-hybridized carbons (Fsp3) is 0.620. The number of hydrogen-bond donors (Lipinski definition) is 0. The molecule has 0 aromatic carbocycles. The summed E-state index contributed by atoms with van der Waals surface area (Å²) >= 11 is 0. The van der Waals surface area contributed by atoms with Gasteiger partial charge in [-0.05, 0) is 116 Å². The van der Waals surface area contributed by atoms with E-state index >= 15 is 0 Å². The highest BCUT2D eigenvalue weighted by Gasteiger charge is 2.19. The first kappa shape index (κ1) is 72.3. The molecule has 0 N–H and O–H groups in total. The van der Waals surface area contributed by atoms with Crippen molar-refractivity contribution in [1.29, 1.82) is 0 Å². The number of hydrogen-bond acceptors (Lipinski definition) is 6. The van der Waals surface area contributed by atoms with Gasteiger partial charge in [0.2, 0.25) is 0 Å². The van der Waals surface area contributed by atoms with Gasteiger partial charge in [0.15, 0.2) is 6.10 Å². The van der Waals surface area contributed by atoms with Crippen LogP contribution >= 0.6 is 0 Å². The molecule has 1 unspecified atom stereocenters. The highest BCUT2D eigenvalue weighted by molar-refractivity contribution is 5.72. The van der Waals surface area contributed by atoms with Crippen LogP contribution in [0.2, 0.25) is 0 Å². The van der Waals surface area contributed by atoms with Gasteiger partial charge in [-0.25, -0.2) is 0 Å². The molecule has 0 aromatic heterocycles. The molecule has 0 aromatic rings. The zero-order valence-electron chi connectivity index (χ0n) is 49.7. The predicted octanol–water partition coefficient (Wildman–Crippen LogP) is 21.5. The largest absolute Gasteiger partial charge is 0.462 e. The minimum atomic E-state index is -0.830. The summed E-state index contributed by atoms with van der Waals surface area (Å²) in [6.07, 6.45) is 91.7. The molecule has 0 saturated carbocycles. The third-order valence-corrected chi connectivity index (χ3v) is 12.9. The van der Waals surface area contributed by atoms with Gasteiger partial charge in [-0.15, -0.1) is 0 Å². The molecule has 0 spiro atoms. The Labute approximate surface area is 474 Å². The molecular formula is C71H114O6. The number of rotatable bonds is 55. The minimum Gasteiger partial charge on any atom is -0.462 e. The molecule has 1 atom stereocenters. The Morgan fingerprint density at radius 1 is 0.273 bits per heavy atom. The number of ether oxygens (including phenoxy) is 3. The highest BCUT2D eigenvalue weighted by Crippen LogP contribution is 2.16. The van der Waals surface area contributed by atoms with Gasteiger partial charge in [-0.3, -0.25) is 14.4 Å². The van der Waals surface area contributed by atoms with Gasteiger partial charge in [0, 0.05) is 12.8 Å². The van der Waals surface area contributed by atoms with Crippen LogP contribution in [-0.4, -0.2) is 37.2 Å². The van der Waals surface area contributed by atoms with Crippen molar-refractivity contribution >= 4 is 17.9 Å². The average Bonchev–Trinajstić information content (AvgIpc) is 3.43. The predicted molar refractivity (Wildman–Crippen MR) is 334 cm³/mol. The van der Waals surface area contributed by atoms with Gasteiger partial charge in [-0.1, -0.05) is 276 Å². The van der Waals surface area contributed by atoms with Crippen LogP contribution in [0.15, 0.2) is 146 Å². The normalized spacial score (nSPS) is 13.1. The first-order valence-electron chi connectivity index (χ1n) is 31.3. The van der Waals surface area contributed by atoms with E-state index in [0.717, 1.165) is 128 Å². The maximum Gasteiger partial charge on any atom is 0.309 e. The second-order valence-corrected chi connectivity index (χ2v) is 20.2. The second-order valence-electron chi connectivity index (χ2n) is 20.2. The number of carbonyl (C=O) groups excluding carboxylic acids is 3. The molecule has 0 bridgehead atoms. The number of unbranched alkanes of at least 4 members (excludes halogenated alkanes) is 21. The van der Waals surface area contributed by atoms with Crippen molar-refractivity contribution in [3.05, 3.63) is 146 Å². The second kappa shape index (κ2) is 63.8. The molecule has 0 aliphatic carbocycles. The maximum absolute atomic E-state index is 12.9. The van der Waals surface area contributed by atoms with Gasteiger partial charge in [-0.2, -0.15) is 0 Å². The third kappa shape index (κ3) is 62.0. The van der Waals surface area contributed by atoms with Crippen molar-refractivity contribution in [3.63, 3.8) is 0 Å². The molecule has 6 heteroatoms. The number of carbonyl (C=O) groups is 3. The molecule has 0 amide bonds. The topological polar surface area (TPSA) is 78.9 Å². The summed E-state index contributed by atoms with van der Waals surface area (Å²) in [6, 6.07) is 0. The Bertz CT molecular complexity index is 1700. The van der Waals surface area contributed by atoms with Crippen LogP contribution in [-0.2, 0) is 28.6 Å². The molecule has 0 fully saturated rings. The molecule has 434 valence electrons. The van der Waals surface area contributed by atoms with Gasteiger partial charge in [0.25, 0.3) is 0 Å². The summed E-state index contributed by atoms with van der Waals surface area (Å²) in [5.41, 5.74) is 0. The lowest BCUT2D eigenvalue weighted by molar-refractivity contribution is -0.166. The lowest BCUT2D eigenvalue weighted by atomic mass is 10.0. The third-order valence-electron chi connectivity index (χ3n) is 12.9. The highest BCUT2D eigenvalue weighted by atomic mass is 16.6. The van der Waals surface area contributed by atoms with E-state index in [4.69, 9.17) is 14.2 Å². The fourth-order valence-electron chi connectivity index (χ4n) is 8.29. The van der Waals surface area contributed by atoms with Gasteiger partial charge in [0.05, 0.1) is 6.42 Å². The summed E-state index contributed by atoms with van der Waals surface area (Å²) < 4.78 is 16.8. The molecule has 6 nitrogen and oxygen atoms in total. The average molecular weight is 1060 g/mol. The molecule has 0 aliphatic heterocycles. The quantitative estimate of drug-likeness (QED) is 0.0261. The monoisotopic (exact) mass is 1060 g/mol. The van der Waals surface area contributed by atoms with E-state index in [-0.39, 0.29) is 31.6 Å². The van der Waals surface area contributed by atoms with Crippen LogP contribution in [0.3, 0.4) is 0 Å². The van der Waals surface area contributed by atoms with Crippen molar-refractivity contribution in [2.45, 2.75) is 271 Å². The zero-order valence-corrected chi connectivity index (χ0v) is 49.7. The smallest absolute Gasteiger partial charge is 0.309 e. The fourth-order valence-corrected chi connectivity index (χ4v) is 8.29. The Kier molecular flexibility index (Phi) is 59.9. The Morgan fingerprint density at radius 2 is 0.519 bits per heavy atom. The molecule has 0 aliphatic rings. The zero-order chi connectivity index (χ0) is 55.7. The Morgan fingerprint density at radius 3 is 0.844 bits per heavy atom. The summed E-state index contributed by atoms with van der Waals surface area (Å²) in [4.78, 5) is 38.2. The molecule has 0 radical (unpaired) electrons. The Balaban J connectivity index is 4.39. The van der Waals surface area contributed by atoms with E-state index in [9.17, 15) is 14.4 Å². The van der Waals surface area contributed by atoms with E-state index in [1.807, 2.05) is 6.08 Å². The number of esters is 3. The molecule has 77 heavy (non-hydrogen) atoms. The van der Waals surface area contributed by atoms with Crippen LogP contribution < -0.4 is 0 Å². The SMILES string of the molecule is CC/C=C\C/C=C\C/C=C\C/C=C\C/C=C\CC(=O)OCC(COC(=O)CCCCCCCCCCCCCCCC/C=C\C/C=C\C/C=C\C/C=C\CC)OC(=O)CCCCCCCCC/C=C\C/C=C\C/C=C\CC. The van der Waals surface area contributed by atoms with Crippen LogP contribution in [0.1, 0.15) is 265 Å². The summed E-state index contributed by atoms with van der Waals surface area (Å²) in [5, 5.41) is 0. The van der Waals surface area contributed by atoms with Crippen LogP contribution in [0.5, 0.6) is 0 Å². The van der Waals surface area contributed by atoms with Crippen molar-refractivity contribution in [3.8, 4) is 0 Å². The minimum absolute atomic E-state index is 0.116. The summed E-state index contributed by atoms with van der Waals surface area (Å²) in [6.45, 7) is 6.21. The van der Waals surface area contributed by atoms with Crippen LogP contribution in [0, 0.1) is 0 Å². The van der Waals surface area contributed by atoms with Crippen LogP contribution in [0.4, 0.5) is 0 Å². The molecule has 0 heterocycles. The van der Waals surface area contributed by atoms with Crippen molar-refractivity contribution in [2.24, 2.45) is 0 Å². The molecular weight excluding hydrogens is 949 g/mol. The van der Waals surface area contributed by atoms with E-state index in [2.05, 4.69) is 154 Å². The molecule has 0 rings (SSSR count). The summed E-state index contributed by atoms with van der Waals surface area (Å²) in [5.74, 6) is -1.06.